The van der Waals surface area contributed by atoms with Crippen LogP contribution in [0.25, 0.3) is 0 Å². The number of ether oxygens (including phenoxy) is 2. The van der Waals surface area contributed by atoms with Crippen LogP contribution in [-0.4, -0.2) is 36.0 Å². The van der Waals surface area contributed by atoms with Gasteiger partial charge in [0, 0.05) is 26.3 Å². The number of carboxylic acids is 1. The zero-order valence-corrected chi connectivity index (χ0v) is 13.8. The van der Waals surface area contributed by atoms with E-state index >= 15 is 0 Å². The molecule has 0 saturated heterocycles. The van der Waals surface area contributed by atoms with Crippen LogP contribution in [0.3, 0.4) is 0 Å². The number of hydrogen-bond acceptors (Lipinski definition) is 5. The molecule has 0 heterocycles. The number of nitrogens with one attached hydrogen (secondary N) is 1. The molecule has 2 unspecified atom stereocenters. The molecule has 128 valence electrons. The standard InChI is InChI=1S/C15H27NO6/c1-5-6-14(19)21-11(4)22-15(20)16-9-12(7-10(2)3)8-13(17)18/h10-12H,5-9H2,1-4H3,(H,16,20)(H,17,18). The van der Waals surface area contributed by atoms with Gasteiger partial charge in [-0.25, -0.2) is 4.79 Å². The van der Waals surface area contributed by atoms with Gasteiger partial charge in [-0.05, 0) is 24.7 Å². The van der Waals surface area contributed by atoms with E-state index in [1.807, 2.05) is 20.8 Å². The number of aliphatic carboxylic acids is 1. The Bertz CT molecular complexity index is 369. The van der Waals surface area contributed by atoms with E-state index < -0.39 is 24.3 Å². The Kier molecular flexibility index (Phi) is 9.98. The fraction of sp³-hybridized carbons (Fsp3) is 0.800. The molecule has 0 aromatic heterocycles. The van der Waals surface area contributed by atoms with Crippen molar-refractivity contribution in [2.45, 2.75) is 59.7 Å². The number of alkyl carbamates (subject to hydrolysis) is 1. The van der Waals surface area contributed by atoms with Crippen molar-refractivity contribution in [3.63, 3.8) is 0 Å². The second-order valence-corrected chi connectivity index (χ2v) is 5.69. The fourth-order valence-corrected chi connectivity index (χ4v) is 2.04. The molecule has 0 aliphatic rings. The van der Waals surface area contributed by atoms with Crippen LogP contribution in [0.2, 0.25) is 0 Å². The fourth-order valence-electron chi connectivity index (χ4n) is 2.04. The topological polar surface area (TPSA) is 102 Å². The third-order valence-electron chi connectivity index (χ3n) is 2.83. The van der Waals surface area contributed by atoms with E-state index in [2.05, 4.69) is 5.32 Å². The highest BCUT2D eigenvalue weighted by atomic mass is 16.7. The summed E-state index contributed by atoms with van der Waals surface area (Å²) in [7, 11) is 0. The van der Waals surface area contributed by atoms with Crippen molar-refractivity contribution in [1.82, 2.24) is 5.32 Å². The summed E-state index contributed by atoms with van der Waals surface area (Å²) in [5, 5.41) is 11.4. The minimum absolute atomic E-state index is 0.0144. The number of esters is 1. The van der Waals surface area contributed by atoms with E-state index in [1.54, 1.807) is 0 Å². The summed E-state index contributed by atoms with van der Waals surface area (Å²) < 4.78 is 9.77. The predicted octanol–water partition coefficient (Wildman–Crippen LogP) is 2.54. The SMILES string of the molecule is CCCC(=O)OC(C)OC(=O)NCC(CC(=O)O)CC(C)C. The lowest BCUT2D eigenvalue weighted by atomic mass is 9.94. The van der Waals surface area contributed by atoms with Gasteiger partial charge in [-0.3, -0.25) is 9.59 Å². The summed E-state index contributed by atoms with van der Waals surface area (Å²) >= 11 is 0. The average molecular weight is 317 g/mol. The summed E-state index contributed by atoms with van der Waals surface area (Å²) in [6, 6.07) is 0. The molecule has 0 saturated carbocycles. The highest BCUT2D eigenvalue weighted by Crippen LogP contribution is 2.14. The zero-order chi connectivity index (χ0) is 17.1. The summed E-state index contributed by atoms with van der Waals surface area (Å²) in [5.41, 5.74) is 0. The monoisotopic (exact) mass is 317 g/mol. The van der Waals surface area contributed by atoms with Gasteiger partial charge in [0.1, 0.15) is 0 Å². The predicted molar refractivity (Wildman–Crippen MR) is 80.1 cm³/mol. The molecule has 0 rings (SSSR count). The zero-order valence-electron chi connectivity index (χ0n) is 13.8. The molecule has 7 nitrogen and oxygen atoms in total. The smallest absolute Gasteiger partial charge is 0.410 e. The van der Waals surface area contributed by atoms with Gasteiger partial charge in [0.05, 0.1) is 0 Å². The van der Waals surface area contributed by atoms with Crippen molar-refractivity contribution in [2.24, 2.45) is 11.8 Å². The number of rotatable bonds is 10. The van der Waals surface area contributed by atoms with Crippen molar-refractivity contribution in [3.05, 3.63) is 0 Å². The molecule has 0 fully saturated rings. The molecule has 2 N–H and O–H groups in total. The van der Waals surface area contributed by atoms with Crippen LogP contribution in [0, 0.1) is 11.8 Å². The van der Waals surface area contributed by atoms with Crippen molar-refractivity contribution in [3.8, 4) is 0 Å². The van der Waals surface area contributed by atoms with Gasteiger partial charge in [-0.2, -0.15) is 0 Å². The summed E-state index contributed by atoms with van der Waals surface area (Å²) in [4.78, 5) is 33.6. The minimum Gasteiger partial charge on any atom is -0.481 e. The van der Waals surface area contributed by atoms with E-state index in [0.717, 1.165) is 0 Å². The number of carbonyl (C=O) groups excluding carboxylic acids is 2. The largest absolute Gasteiger partial charge is 0.481 e. The molecule has 2 atom stereocenters. The van der Waals surface area contributed by atoms with E-state index in [4.69, 9.17) is 14.6 Å². The first kappa shape index (κ1) is 20.2. The van der Waals surface area contributed by atoms with Gasteiger partial charge in [0.2, 0.25) is 6.29 Å². The van der Waals surface area contributed by atoms with Crippen LogP contribution in [0.15, 0.2) is 0 Å². The second kappa shape index (κ2) is 10.9. The van der Waals surface area contributed by atoms with Gasteiger partial charge in [0.15, 0.2) is 0 Å². The van der Waals surface area contributed by atoms with Gasteiger partial charge < -0.3 is 19.9 Å². The van der Waals surface area contributed by atoms with Gasteiger partial charge in [-0.15, -0.1) is 0 Å². The summed E-state index contributed by atoms with van der Waals surface area (Å²) in [5.74, 6) is -1.16. The first-order valence-electron chi connectivity index (χ1n) is 7.60. The molecule has 0 aromatic carbocycles. The first-order valence-corrected chi connectivity index (χ1v) is 7.60. The molecular formula is C15H27NO6. The molecule has 0 aromatic rings. The second-order valence-electron chi connectivity index (χ2n) is 5.69. The quantitative estimate of drug-likeness (QED) is 0.474. The Labute approximate surface area is 131 Å². The Morgan fingerprint density at radius 3 is 2.27 bits per heavy atom. The Hall–Kier alpha value is -1.79. The molecule has 0 spiro atoms. The number of carboxylic acid groups (broad SMARTS) is 1. The lowest BCUT2D eigenvalue weighted by Crippen LogP contribution is -2.34. The van der Waals surface area contributed by atoms with Crippen molar-refractivity contribution in [1.29, 1.82) is 0 Å². The number of hydrogen-bond donors (Lipinski definition) is 2. The van der Waals surface area contributed by atoms with Crippen LogP contribution in [0.5, 0.6) is 0 Å². The number of carbonyl (C=O) groups is 3. The Morgan fingerprint density at radius 2 is 1.77 bits per heavy atom. The van der Waals surface area contributed by atoms with Crippen LogP contribution in [-0.2, 0) is 19.1 Å². The van der Waals surface area contributed by atoms with Crippen LogP contribution >= 0.6 is 0 Å². The summed E-state index contributed by atoms with van der Waals surface area (Å²) in [6.45, 7) is 7.48. The van der Waals surface area contributed by atoms with Crippen LogP contribution in [0.4, 0.5) is 4.79 Å². The van der Waals surface area contributed by atoms with Crippen molar-refractivity contribution in [2.75, 3.05) is 6.54 Å². The highest BCUT2D eigenvalue weighted by Gasteiger charge is 2.18. The highest BCUT2D eigenvalue weighted by molar-refractivity contribution is 5.70. The van der Waals surface area contributed by atoms with Crippen LogP contribution < -0.4 is 5.32 Å². The molecule has 0 aliphatic heterocycles. The third-order valence-corrected chi connectivity index (χ3v) is 2.83. The molecule has 0 aliphatic carbocycles. The molecule has 1 amide bonds. The Morgan fingerprint density at radius 1 is 1.14 bits per heavy atom. The van der Waals surface area contributed by atoms with E-state index in [-0.39, 0.29) is 25.3 Å². The van der Waals surface area contributed by atoms with Crippen LogP contribution in [0.1, 0.15) is 53.4 Å². The average Bonchev–Trinajstić information content (AvgIpc) is 2.34. The van der Waals surface area contributed by atoms with E-state index in [0.29, 0.717) is 18.8 Å². The maximum atomic E-state index is 11.6. The Balaban J connectivity index is 4.16. The third kappa shape index (κ3) is 10.9. The number of amides is 1. The molecular weight excluding hydrogens is 290 g/mol. The van der Waals surface area contributed by atoms with Crippen molar-refractivity contribution >= 4 is 18.0 Å². The van der Waals surface area contributed by atoms with E-state index in [1.165, 1.54) is 6.92 Å². The lowest BCUT2D eigenvalue weighted by Gasteiger charge is -2.19. The first-order chi connectivity index (χ1) is 10.2. The molecule has 7 heteroatoms. The maximum Gasteiger partial charge on any atom is 0.410 e. The van der Waals surface area contributed by atoms with Gasteiger partial charge >= 0.3 is 18.0 Å². The lowest BCUT2D eigenvalue weighted by molar-refractivity contribution is -0.165. The van der Waals surface area contributed by atoms with Gasteiger partial charge in [0.25, 0.3) is 0 Å². The summed E-state index contributed by atoms with van der Waals surface area (Å²) in [6.07, 6.45) is -0.0977. The normalized spacial score (nSPS) is 13.3. The van der Waals surface area contributed by atoms with Crippen molar-refractivity contribution < 1.29 is 29.0 Å². The molecule has 0 bridgehead atoms. The molecule has 22 heavy (non-hydrogen) atoms. The molecule has 0 radical (unpaired) electrons. The minimum atomic E-state index is -0.970. The maximum absolute atomic E-state index is 11.6. The van der Waals surface area contributed by atoms with Gasteiger partial charge in [-0.1, -0.05) is 20.8 Å². The van der Waals surface area contributed by atoms with E-state index in [9.17, 15) is 14.4 Å².